The first-order chi connectivity index (χ1) is 6.66. The number of rotatable bonds is 1. The van der Waals surface area contributed by atoms with Crippen LogP contribution in [0.1, 0.15) is 10.4 Å². The van der Waals surface area contributed by atoms with E-state index in [4.69, 9.17) is 10.5 Å². The summed E-state index contributed by atoms with van der Waals surface area (Å²) in [6.45, 7) is 0.142. The first kappa shape index (κ1) is 8.55. The molecule has 0 fully saturated rings. The van der Waals surface area contributed by atoms with Crippen molar-refractivity contribution in [2.45, 2.75) is 0 Å². The molecule has 0 atom stereocenters. The van der Waals surface area contributed by atoms with Gasteiger partial charge in [0.05, 0.1) is 5.69 Å². The molecule has 1 aromatic rings. The van der Waals surface area contributed by atoms with Gasteiger partial charge in [0.2, 0.25) is 5.91 Å². The fourth-order valence-electron chi connectivity index (χ4n) is 1.23. The first-order valence-electron chi connectivity index (χ1n) is 4.05. The van der Waals surface area contributed by atoms with Crippen LogP contribution in [0, 0.1) is 0 Å². The molecule has 0 radical (unpaired) electrons. The van der Waals surface area contributed by atoms with Gasteiger partial charge in [0.1, 0.15) is 6.54 Å². The Balaban J connectivity index is 2.42. The van der Waals surface area contributed by atoms with Gasteiger partial charge in [0.15, 0.2) is 5.75 Å². The van der Waals surface area contributed by atoms with Crippen LogP contribution in [0.3, 0.4) is 0 Å². The average molecular weight is 192 g/mol. The standard InChI is InChI=1S/C9H8N2O3/c10-9(13)5-1-2-6-7(3-5)14-8(12)4-11-6/h1-3,11H,4H2,(H2,10,13). The molecule has 1 aromatic carbocycles. The normalized spacial score (nSPS) is 13.9. The molecule has 0 aliphatic carbocycles. The molecule has 1 aliphatic rings. The lowest BCUT2D eigenvalue weighted by atomic mass is 10.1. The number of carbonyl (C=O) groups excluding carboxylic acids is 2. The number of esters is 1. The van der Waals surface area contributed by atoms with Gasteiger partial charge in [0, 0.05) is 5.56 Å². The van der Waals surface area contributed by atoms with E-state index in [-0.39, 0.29) is 12.5 Å². The minimum atomic E-state index is -0.547. The van der Waals surface area contributed by atoms with Crippen LogP contribution in [0.2, 0.25) is 0 Å². The Morgan fingerprint density at radius 3 is 3.00 bits per heavy atom. The maximum absolute atomic E-state index is 10.9. The highest BCUT2D eigenvalue weighted by Gasteiger charge is 2.17. The highest BCUT2D eigenvalue weighted by atomic mass is 16.5. The highest BCUT2D eigenvalue weighted by molar-refractivity contribution is 5.95. The number of hydrogen-bond donors (Lipinski definition) is 2. The van der Waals surface area contributed by atoms with Crippen molar-refractivity contribution in [1.82, 2.24) is 0 Å². The lowest BCUT2D eigenvalue weighted by molar-refractivity contribution is -0.132. The molecular formula is C9H8N2O3. The fourth-order valence-corrected chi connectivity index (χ4v) is 1.23. The Morgan fingerprint density at radius 2 is 2.29 bits per heavy atom. The number of anilines is 1. The molecule has 5 nitrogen and oxygen atoms in total. The predicted octanol–water partition coefficient (Wildman–Crippen LogP) is 0.116. The van der Waals surface area contributed by atoms with Gasteiger partial charge in [-0.1, -0.05) is 0 Å². The molecular weight excluding hydrogens is 184 g/mol. The Hall–Kier alpha value is -2.04. The maximum Gasteiger partial charge on any atom is 0.330 e. The molecule has 0 bridgehead atoms. The number of benzene rings is 1. The largest absolute Gasteiger partial charge is 0.423 e. The van der Waals surface area contributed by atoms with Crippen molar-refractivity contribution in [3.63, 3.8) is 0 Å². The van der Waals surface area contributed by atoms with Gasteiger partial charge in [-0.15, -0.1) is 0 Å². The SMILES string of the molecule is NC(=O)c1ccc2c(c1)OC(=O)CN2. The monoisotopic (exact) mass is 192 g/mol. The minimum Gasteiger partial charge on any atom is -0.423 e. The van der Waals surface area contributed by atoms with E-state index in [1.807, 2.05) is 0 Å². The van der Waals surface area contributed by atoms with Crippen LogP contribution in [-0.2, 0) is 4.79 Å². The van der Waals surface area contributed by atoms with Gasteiger partial charge in [-0.05, 0) is 18.2 Å². The smallest absolute Gasteiger partial charge is 0.330 e. The summed E-state index contributed by atoms with van der Waals surface area (Å²) in [7, 11) is 0. The zero-order valence-corrected chi connectivity index (χ0v) is 7.24. The summed E-state index contributed by atoms with van der Waals surface area (Å²) >= 11 is 0. The summed E-state index contributed by atoms with van der Waals surface area (Å²) in [4.78, 5) is 21.7. The Morgan fingerprint density at radius 1 is 1.50 bits per heavy atom. The van der Waals surface area contributed by atoms with Crippen LogP contribution in [0.15, 0.2) is 18.2 Å². The van der Waals surface area contributed by atoms with E-state index in [2.05, 4.69) is 5.32 Å². The molecule has 5 heteroatoms. The number of nitrogens with one attached hydrogen (secondary N) is 1. The van der Waals surface area contributed by atoms with Crippen molar-refractivity contribution in [3.05, 3.63) is 23.8 Å². The number of hydrogen-bond acceptors (Lipinski definition) is 4. The average Bonchev–Trinajstić information content (AvgIpc) is 2.16. The van der Waals surface area contributed by atoms with Crippen molar-refractivity contribution in [3.8, 4) is 5.75 Å². The second kappa shape index (κ2) is 3.02. The van der Waals surface area contributed by atoms with Gasteiger partial charge < -0.3 is 15.8 Å². The molecule has 0 saturated heterocycles. The summed E-state index contributed by atoms with van der Waals surface area (Å²) < 4.78 is 4.91. The summed E-state index contributed by atoms with van der Waals surface area (Å²) in [5.41, 5.74) is 6.09. The van der Waals surface area contributed by atoms with Crippen LogP contribution in [0.25, 0.3) is 0 Å². The molecule has 0 aromatic heterocycles. The molecule has 0 unspecified atom stereocenters. The van der Waals surface area contributed by atoms with E-state index >= 15 is 0 Å². The van der Waals surface area contributed by atoms with E-state index in [1.165, 1.54) is 6.07 Å². The molecule has 3 N–H and O–H groups in total. The Kier molecular flexibility index (Phi) is 1.85. The zero-order valence-electron chi connectivity index (χ0n) is 7.24. The summed E-state index contributed by atoms with van der Waals surface area (Å²) in [5, 5.41) is 2.85. The number of ether oxygens (including phenoxy) is 1. The molecule has 2 rings (SSSR count). The third-order valence-electron chi connectivity index (χ3n) is 1.91. The number of fused-ring (bicyclic) bond motifs is 1. The van der Waals surface area contributed by atoms with E-state index in [0.717, 1.165) is 0 Å². The number of carbonyl (C=O) groups is 2. The number of amides is 1. The zero-order chi connectivity index (χ0) is 10.1. The topological polar surface area (TPSA) is 81.4 Å². The molecule has 0 saturated carbocycles. The van der Waals surface area contributed by atoms with Crippen molar-refractivity contribution >= 4 is 17.6 Å². The Labute approximate surface area is 79.8 Å². The van der Waals surface area contributed by atoms with Crippen LogP contribution in [0.4, 0.5) is 5.69 Å². The quantitative estimate of drug-likeness (QED) is 0.489. The summed E-state index contributed by atoms with van der Waals surface area (Å²) in [6, 6.07) is 4.68. The van der Waals surface area contributed by atoms with E-state index in [0.29, 0.717) is 17.0 Å². The number of nitrogens with two attached hydrogens (primary N) is 1. The molecule has 1 amide bonds. The second-order valence-electron chi connectivity index (χ2n) is 2.90. The molecule has 14 heavy (non-hydrogen) atoms. The van der Waals surface area contributed by atoms with Crippen molar-refractivity contribution in [2.24, 2.45) is 5.73 Å². The molecule has 72 valence electrons. The van der Waals surface area contributed by atoms with E-state index in [1.54, 1.807) is 12.1 Å². The van der Waals surface area contributed by atoms with Crippen molar-refractivity contribution in [2.75, 3.05) is 11.9 Å². The lowest BCUT2D eigenvalue weighted by Gasteiger charge is -2.17. The summed E-state index contributed by atoms with van der Waals surface area (Å²) in [5.74, 6) is -0.578. The van der Waals surface area contributed by atoms with Gasteiger partial charge in [0.25, 0.3) is 0 Å². The van der Waals surface area contributed by atoms with Gasteiger partial charge >= 0.3 is 5.97 Å². The van der Waals surface area contributed by atoms with Gasteiger partial charge in [-0.25, -0.2) is 4.79 Å². The predicted molar refractivity (Wildman–Crippen MR) is 49.1 cm³/mol. The summed E-state index contributed by atoms with van der Waals surface area (Å²) in [6.07, 6.45) is 0. The van der Waals surface area contributed by atoms with Crippen LogP contribution >= 0.6 is 0 Å². The molecule has 1 aliphatic heterocycles. The third kappa shape index (κ3) is 1.39. The fraction of sp³-hybridized carbons (Fsp3) is 0.111. The molecule has 1 heterocycles. The second-order valence-corrected chi connectivity index (χ2v) is 2.90. The van der Waals surface area contributed by atoms with E-state index in [9.17, 15) is 9.59 Å². The van der Waals surface area contributed by atoms with Crippen molar-refractivity contribution < 1.29 is 14.3 Å². The Bertz CT molecular complexity index is 415. The lowest BCUT2D eigenvalue weighted by Crippen LogP contribution is -2.25. The van der Waals surface area contributed by atoms with Gasteiger partial charge in [-0.2, -0.15) is 0 Å². The minimum absolute atomic E-state index is 0.142. The maximum atomic E-state index is 10.9. The highest BCUT2D eigenvalue weighted by Crippen LogP contribution is 2.28. The third-order valence-corrected chi connectivity index (χ3v) is 1.91. The van der Waals surface area contributed by atoms with E-state index < -0.39 is 5.91 Å². The van der Waals surface area contributed by atoms with Crippen LogP contribution < -0.4 is 15.8 Å². The molecule has 0 spiro atoms. The van der Waals surface area contributed by atoms with Crippen LogP contribution in [-0.4, -0.2) is 18.4 Å². The van der Waals surface area contributed by atoms with Gasteiger partial charge in [-0.3, -0.25) is 4.79 Å². The first-order valence-corrected chi connectivity index (χ1v) is 4.05. The number of primary amides is 1. The van der Waals surface area contributed by atoms with Crippen LogP contribution in [0.5, 0.6) is 5.75 Å². The van der Waals surface area contributed by atoms with Crippen molar-refractivity contribution in [1.29, 1.82) is 0 Å².